The Morgan fingerprint density at radius 2 is 2.12 bits per heavy atom. The highest BCUT2D eigenvalue weighted by atomic mass is 16.4. The number of hydrogen-bond acceptors (Lipinski definition) is 6. The van der Waals surface area contributed by atoms with E-state index in [9.17, 15) is 10.1 Å². The number of nitriles is 1. The van der Waals surface area contributed by atoms with Crippen molar-refractivity contribution in [2.24, 2.45) is 5.92 Å². The summed E-state index contributed by atoms with van der Waals surface area (Å²) in [6, 6.07) is 5.96. The number of nitrogens with one attached hydrogen (secondary N) is 1. The van der Waals surface area contributed by atoms with Crippen molar-refractivity contribution in [2.45, 2.75) is 31.7 Å². The van der Waals surface area contributed by atoms with Gasteiger partial charge in [-0.1, -0.05) is 0 Å². The van der Waals surface area contributed by atoms with E-state index in [4.69, 9.17) is 8.83 Å². The van der Waals surface area contributed by atoms with Crippen molar-refractivity contribution in [1.82, 2.24) is 10.3 Å². The van der Waals surface area contributed by atoms with Crippen LogP contribution in [-0.4, -0.2) is 30.0 Å². The van der Waals surface area contributed by atoms with Crippen LogP contribution in [0.2, 0.25) is 0 Å². The zero-order valence-electron chi connectivity index (χ0n) is 13.2. The van der Waals surface area contributed by atoms with Gasteiger partial charge in [-0.2, -0.15) is 10.2 Å². The van der Waals surface area contributed by atoms with Crippen LogP contribution in [0, 0.1) is 17.2 Å². The second kappa shape index (κ2) is 6.04. The molecule has 1 aliphatic heterocycles. The Kier molecular flexibility index (Phi) is 3.73. The lowest BCUT2D eigenvalue weighted by Gasteiger charge is -2.30. The lowest BCUT2D eigenvalue weighted by molar-refractivity contribution is -0.125. The molecule has 4 rings (SSSR count). The van der Waals surface area contributed by atoms with Crippen molar-refractivity contribution in [3.8, 4) is 17.7 Å². The summed E-state index contributed by atoms with van der Waals surface area (Å²) >= 11 is 0. The van der Waals surface area contributed by atoms with Crippen LogP contribution >= 0.6 is 0 Å². The highest BCUT2D eigenvalue weighted by molar-refractivity contribution is 5.79. The smallest absolute Gasteiger partial charge is 0.266 e. The molecular formula is C17H18N4O3. The summed E-state index contributed by atoms with van der Waals surface area (Å²) in [5.41, 5.74) is 0.252. The molecule has 1 amide bonds. The summed E-state index contributed by atoms with van der Waals surface area (Å²) in [6.07, 6.45) is 5.24. The van der Waals surface area contributed by atoms with Gasteiger partial charge in [-0.15, -0.1) is 0 Å². The van der Waals surface area contributed by atoms with Gasteiger partial charge in [-0.25, -0.2) is 0 Å². The molecule has 7 heteroatoms. The quantitative estimate of drug-likeness (QED) is 0.926. The molecule has 0 spiro atoms. The van der Waals surface area contributed by atoms with E-state index in [-0.39, 0.29) is 17.5 Å². The number of rotatable bonds is 4. The number of furan rings is 1. The number of aromatic nitrogens is 1. The summed E-state index contributed by atoms with van der Waals surface area (Å²) in [6.45, 7) is 1.34. The first kappa shape index (κ1) is 14.8. The lowest BCUT2D eigenvalue weighted by atomic mass is 9.96. The minimum Gasteiger partial charge on any atom is -0.459 e. The first-order valence-corrected chi connectivity index (χ1v) is 8.24. The van der Waals surface area contributed by atoms with Gasteiger partial charge in [0.05, 0.1) is 6.26 Å². The molecule has 3 heterocycles. The second-order valence-electron chi connectivity index (χ2n) is 6.31. The van der Waals surface area contributed by atoms with Gasteiger partial charge in [-0.05, 0) is 37.8 Å². The highest BCUT2D eigenvalue weighted by Gasteiger charge is 2.32. The van der Waals surface area contributed by atoms with Crippen molar-refractivity contribution in [2.75, 3.05) is 18.0 Å². The fourth-order valence-electron chi connectivity index (χ4n) is 3.00. The van der Waals surface area contributed by atoms with Gasteiger partial charge in [0.1, 0.15) is 6.07 Å². The zero-order chi connectivity index (χ0) is 16.5. The Morgan fingerprint density at radius 1 is 1.33 bits per heavy atom. The molecular weight excluding hydrogens is 308 g/mol. The monoisotopic (exact) mass is 326 g/mol. The van der Waals surface area contributed by atoms with E-state index in [0.29, 0.717) is 36.7 Å². The molecule has 124 valence electrons. The van der Waals surface area contributed by atoms with Crippen LogP contribution in [0.15, 0.2) is 27.2 Å². The van der Waals surface area contributed by atoms with E-state index in [1.807, 2.05) is 4.90 Å². The van der Waals surface area contributed by atoms with Crippen molar-refractivity contribution in [3.63, 3.8) is 0 Å². The summed E-state index contributed by atoms with van der Waals surface area (Å²) < 4.78 is 11.0. The molecule has 1 aliphatic carbocycles. The maximum absolute atomic E-state index is 12.1. The maximum atomic E-state index is 12.1. The van der Waals surface area contributed by atoms with Gasteiger partial charge < -0.3 is 19.1 Å². The molecule has 24 heavy (non-hydrogen) atoms. The molecule has 1 N–H and O–H groups in total. The topological polar surface area (TPSA) is 95.3 Å². The SMILES string of the molecule is N#Cc1nc(-c2ccco2)oc1N1CCC(C(=O)NC2CC2)CC1. The standard InChI is InChI=1S/C17H18N4O3/c18-10-13-17(24-16(20-13)14-2-1-9-23-14)21-7-5-11(6-8-21)15(22)19-12-3-4-12/h1-2,9,11-12H,3-8H2,(H,19,22). The van der Waals surface area contributed by atoms with Gasteiger partial charge in [0.25, 0.3) is 5.89 Å². The van der Waals surface area contributed by atoms with Crippen LogP contribution in [0.25, 0.3) is 11.7 Å². The van der Waals surface area contributed by atoms with E-state index in [0.717, 1.165) is 25.7 Å². The van der Waals surface area contributed by atoms with E-state index >= 15 is 0 Å². The van der Waals surface area contributed by atoms with Crippen LogP contribution in [-0.2, 0) is 4.79 Å². The Labute approximate surface area is 139 Å². The fraction of sp³-hybridized carbons (Fsp3) is 0.471. The van der Waals surface area contributed by atoms with E-state index in [1.165, 1.54) is 6.26 Å². The summed E-state index contributed by atoms with van der Waals surface area (Å²) in [4.78, 5) is 18.3. The van der Waals surface area contributed by atoms with Crippen molar-refractivity contribution in [3.05, 3.63) is 24.1 Å². The third kappa shape index (κ3) is 2.87. The molecule has 0 atom stereocenters. The third-order valence-electron chi connectivity index (χ3n) is 4.52. The van der Waals surface area contributed by atoms with Gasteiger partial charge in [-0.3, -0.25) is 4.79 Å². The molecule has 0 bridgehead atoms. The number of amides is 1. The molecule has 0 unspecified atom stereocenters. The zero-order valence-corrected chi connectivity index (χ0v) is 13.2. The average Bonchev–Trinajstić information content (AvgIpc) is 3.11. The van der Waals surface area contributed by atoms with E-state index in [2.05, 4.69) is 16.4 Å². The number of oxazole rings is 1. The Hall–Kier alpha value is -2.75. The van der Waals surface area contributed by atoms with Crippen molar-refractivity contribution >= 4 is 11.8 Å². The van der Waals surface area contributed by atoms with Crippen LogP contribution in [0.1, 0.15) is 31.4 Å². The first-order valence-electron chi connectivity index (χ1n) is 8.24. The maximum Gasteiger partial charge on any atom is 0.266 e. The molecule has 0 aromatic carbocycles. The number of nitrogens with zero attached hydrogens (tertiary/aromatic N) is 3. The van der Waals surface area contributed by atoms with E-state index < -0.39 is 0 Å². The Morgan fingerprint density at radius 3 is 2.75 bits per heavy atom. The molecule has 2 aromatic heterocycles. The molecule has 2 fully saturated rings. The lowest BCUT2D eigenvalue weighted by Crippen LogP contribution is -2.41. The molecule has 2 aliphatic rings. The number of hydrogen-bond donors (Lipinski definition) is 1. The fourth-order valence-corrected chi connectivity index (χ4v) is 3.00. The predicted octanol–water partition coefficient (Wildman–Crippen LogP) is 2.30. The Bertz CT molecular complexity index is 762. The van der Waals surface area contributed by atoms with Crippen LogP contribution in [0.3, 0.4) is 0 Å². The van der Waals surface area contributed by atoms with Crippen molar-refractivity contribution in [1.29, 1.82) is 5.26 Å². The molecule has 0 radical (unpaired) electrons. The summed E-state index contributed by atoms with van der Waals surface area (Å²) in [5, 5.41) is 12.4. The second-order valence-corrected chi connectivity index (χ2v) is 6.31. The Balaban J connectivity index is 1.45. The normalized spacial score (nSPS) is 18.4. The minimum absolute atomic E-state index is 0.0415. The van der Waals surface area contributed by atoms with Gasteiger partial charge >= 0.3 is 0 Å². The number of piperidine rings is 1. The van der Waals surface area contributed by atoms with Gasteiger partial charge in [0, 0.05) is 25.0 Å². The highest BCUT2D eigenvalue weighted by Crippen LogP contribution is 2.31. The van der Waals surface area contributed by atoms with Crippen LogP contribution in [0.5, 0.6) is 0 Å². The van der Waals surface area contributed by atoms with Crippen LogP contribution in [0.4, 0.5) is 5.88 Å². The van der Waals surface area contributed by atoms with Gasteiger partial charge in [0.2, 0.25) is 17.5 Å². The molecule has 2 aromatic rings. The van der Waals surface area contributed by atoms with Gasteiger partial charge in [0.15, 0.2) is 5.76 Å². The summed E-state index contributed by atoms with van der Waals surface area (Å²) in [5.74, 6) is 1.47. The molecule has 1 saturated carbocycles. The average molecular weight is 326 g/mol. The molecule has 1 saturated heterocycles. The number of anilines is 1. The number of carbonyl (C=O) groups is 1. The first-order chi connectivity index (χ1) is 11.7. The van der Waals surface area contributed by atoms with E-state index in [1.54, 1.807) is 12.1 Å². The summed E-state index contributed by atoms with van der Waals surface area (Å²) in [7, 11) is 0. The molecule has 7 nitrogen and oxygen atoms in total. The predicted molar refractivity (Wildman–Crippen MR) is 85.0 cm³/mol. The number of carbonyl (C=O) groups excluding carboxylic acids is 1. The largest absolute Gasteiger partial charge is 0.459 e. The van der Waals surface area contributed by atoms with Crippen LogP contribution < -0.4 is 10.2 Å². The third-order valence-corrected chi connectivity index (χ3v) is 4.52. The minimum atomic E-state index is 0.0415. The van der Waals surface area contributed by atoms with Crippen molar-refractivity contribution < 1.29 is 13.6 Å².